The summed E-state index contributed by atoms with van der Waals surface area (Å²) in [6.07, 6.45) is 6.32. The Bertz CT molecular complexity index is 334. The first-order valence-electron chi connectivity index (χ1n) is 6.94. The van der Waals surface area contributed by atoms with Crippen LogP contribution in [0.25, 0.3) is 0 Å². The van der Waals surface area contributed by atoms with Gasteiger partial charge in [-0.3, -0.25) is 0 Å². The fourth-order valence-electron chi connectivity index (χ4n) is 2.41. The largest absolute Gasteiger partial charge is 0.308 e. The predicted molar refractivity (Wildman–Crippen MR) is 74.6 cm³/mol. The number of aryl methyl sites for hydroxylation is 2. The van der Waals surface area contributed by atoms with Gasteiger partial charge in [-0.1, -0.05) is 20.8 Å². The number of fused-ring (bicyclic) bond motifs is 1. The molecular formula is C14H24N2S. The Hall–Kier alpha value is -0.410. The molecule has 2 rings (SSSR count). The zero-order chi connectivity index (χ0) is 12.3. The van der Waals surface area contributed by atoms with E-state index in [1.807, 2.05) is 11.3 Å². The molecule has 1 unspecified atom stereocenters. The van der Waals surface area contributed by atoms with E-state index in [9.17, 15) is 0 Å². The lowest BCUT2D eigenvalue weighted by molar-refractivity contribution is 0.410. The Morgan fingerprint density at radius 3 is 2.71 bits per heavy atom. The van der Waals surface area contributed by atoms with Gasteiger partial charge in [0, 0.05) is 4.88 Å². The van der Waals surface area contributed by atoms with Gasteiger partial charge in [0.2, 0.25) is 0 Å². The first kappa shape index (κ1) is 13.0. The Morgan fingerprint density at radius 1 is 1.29 bits per heavy atom. The van der Waals surface area contributed by atoms with Crippen molar-refractivity contribution in [2.45, 2.75) is 58.9 Å². The molecule has 3 heteroatoms. The van der Waals surface area contributed by atoms with Crippen molar-refractivity contribution in [3.8, 4) is 0 Å². The monoisotopic (exact) mass is 252 g/mol. The van der Waals surface area contributed by atoms with E-state index in [0.29, 0.717) is 12.0 Å². The molecule has 0 aliphatic heterocycles. The van der Waals surface area contributed by atoms with E-state index in [4.69, 9.17) is 4.98 Å². The summed E-state index contributed by atoms with van der Waals surface area (Å²) in [5.41, 5.74) is 1.39. The van der Waals surface area contributed by atoms with E-state index in [1.165, 1.54) is 42.8 Å². The van der Waals surface area contributed by atoms with Crippen LogP contribution in [0, 0.1) is 5.92 Å². The van der Waals surface area contributed by atoms with Crippen molar-refractivity contribution in [1.29, 1.82) is 0 Å². The molecule has 0 aromatic carbocycles. The molecule has 1 aliphatic rings. The van der Waals surface area contributed by atoms with E-state index < -0.39 is 0 Å². The average Bonchev–Trinajstić information content (AvgIpc) is 2.72. The van der Waals surface area contributed by atoms with Gasteiger partial charge in [0.1, 0.15) is 5.01 Å². The normalized spacial score (nSPS) is 17.2. The summed E-state index contributed by atoms with van der Waals surface area (Å²) >= 11 is 1.95. The number of nitrogens with zero attached hydrogens (tertiary/aromatic N) is 1. The Kier molecular flexibility index (Phi) is 4.57. The lowest BCUT2D eigenvalue weighted by Gasteiger charge is -2.19. The molecule has 1 heterocycles. The SMILES string of the molecule is CCCNC(c1nc2c(s1)CCCC2)C(C)C. The van der Waals surface area contributed by atoms with Crippen molar-refractivity contribution in [2.75, 3.05) is 6.54 Å². The molecule has 0 fully saturated rings. The average molecular weight is 252 g/mol. The third-order valence-electron chi connectivity index (χ3n) is 3.41. The molecule has 96 valence electrons. The zero-order valence-electron chi connectivity index (χ0n) is 11.3. The van der Waals surface area contributed by atoms with E-state index >= 15 is 0 Å². The number of hydrogen-bond acceptors (Lipinski definition) is 3. The molecule has 0 saturated carbocycles. The summed E-state index contributed by atoms with van der Waals surface area (Å²) < 4.78 is 0. The van der Waals surface area contributed by atoms with E-state index in [2.05, 4.69) is 26.1 Å². The number of aromatic nitrogens is 1. The maximum absolute atomic E-state index is 4.88. The molecular weight excluding hydrogens is 228 g/mol. The second-order valence-corrected chi connectivity index (χ2v) is 6.42. The second kappa shape index (κ2) is 5.96. The van der Waals surface area contributed by atoms with Gasteiger partial charge in [-0.2, -0.15) is 0 Å². The van der Waals surface area contributed by atoms with Gasteiger partial charge in [0.25, 0.3) is 0 Å². The van der Waals surface area contributed by atoms with Crippen molar-refractivity contribution < 1.29 is 0 Å². The molecule has 2 nitrogen and oxygen atoms in total. The summed E-state index contributed by atoms with van der Waals surface area (Å²) in [6.45, 7) is 7.88. The maximum Gasteiger partial charge on any atom is 0.110 e. The van der Waals surface area contributed by atoms with Gasteiger partial charge in [-0.25, -0.2) is 4.98 Å². The summed E-state index contributed by atoms with van der Waals surface area (Å²) in [5.74, 6) is 0.620. The van der Waals surface area contributed by atoms with Crippen molar-refractivity contribution in [1.82, 2.24) is 10.3 Å². The summed E-state index contributed by atoms with van der Waals surface area (Å²) in [6, 6.07) is 0.450. The highest BCUT2D eigenvalue weighted by atomic mass is 32.1. The van der Waals surface area contributed by atoms with Crippen molar-refractivity contribution >= 4 is 11.3 Å². The summed E-state index contributed by atoms with van der Waals surface area (Å²) in [4.78, 5) is 6.43. The van der Waals surface area contributed by atoms with Crippen LogP contribution in [0.5, 0.6) is 0 Å². The van der Waals surface area contributed by atoms with Crippen molar-refractivity contribution in [2.24, 2.45) is 5.92 Å². The summed E-state index contributed by atoms with van der Waals surface area (Å²) in [7, 11) is 0. The summed E-state index contributed by atoms with van der Waals surface area (Å²) in [5, 5.41) is 4.96. The second-order valence-electron chi connectivity index (χ2n) is 5.30. The molecule has 1 aromatic heterocycles. The molecule has 1 aromatic rings. The smallest absolute Gasteiger partial charge is 0.110 e. The minimum absolute atomic E-state index is 0.450. The highest BCUT2D eigenvalue weighted by Gasteiger charge is 2.22. The van der Waals surface area contributed by atoms with Gasteiger partial charge in [0.15, 0.2) is 0 Å². The van der Waals surface area contributed by atoms with Crippen LogP contribution in [0.4, 0.5) is 0 Å². The van der Waals surface area contributed by atoms with Crippen LogP contribution in [-0.4, -0.2) is 11.5 Å². The van der Waals surface area contributed by atoms with E-state index in [-0.39, 0.29) is 0 Å². The van der Waals surface area contributed by atoms with Crippen molar-refractivity contribution in [3.63, 3.8) is 0 Å². The van der Waals surface area contributed by atoms with Crippen LogP contribution in [0.15, 0.2) is 0 Å². The van der Waals surface area contributed by atoms with Gasteiger partial charge in [0.05, 0.1) is 11.7 Å². The first-order chi connectivity index (χ1) is 8.22. The van der Waals surface area contributed by atoms with Gasteiger partial charge in [-0.05, 0) is 44.6 Å². The molecule has 0 spiro atoms. The minimum Gasteiger partial charge on any atom is -0.308 e. The van der Waals surface area contributed by atoms with Gasteiger partial charge >= 0.3 is 0 Å². The van der Waals surface area contributed by atoms with Crippen LogP contribution in [0.2, 0.25) is 0 Å². The fourth-order valence-corrected chi connectivity index (χ4v) is 3.82. The Balaban J connectivity index is 2.14. The molecule has 1 atom stereocenters. The Morgan fingerprint density at radius 2 is 2.06 bits per heavy atom. The van der Waals surface area contributed by atoms with Crippen LogP contribution in [0.3, 0.4) is 0 Å². The Labute approximate surface area is 109 Å². The molecule has 0 saturated heterocycles. The zero-order valence-corrected chi connectivity index (χ0v) is 12.1. The molecule has 0 bridgehead atoms. The maximum atomic E-state index is 4.88. The number of hydrogen-bond donors (Lipinski definition) is 1. The number of rotatable bonds is 5. The molecule has 0 amide bonds. The standard InChI is InChI=1S/C14H24N2S/c1-4-9-15-13(10(2)3)14-16-11-7-5-6-8-12(11)17-14/h10,13,15H,4-9H2,1-3H3. The van der Waals surface area contributed by atoms with Crippen LogP contribution >= 0.6 is 11.3 Å². The third kappa shape index (κ3) is 3.08. The molecule has 1 N–H and O–H groups in total. The first-order valence-corrected chi connectivity index (χ1v) is 7.76. The highest BCUT2D eigenvalue weighted by Crippen LogP contribution is 2.32. The molecule has 1 aliphatic carbocycles. The lowest BCUT2D eigenvalue weighted by atomic mass is 10.0. The third-order valence-corrected chi connectivity index (χ3v) is 4.65. The lowest BCUT2D eigenvalue weighted by Crippen LogP contribution is -2.26. The minimum atomic E-state index is 0.450. The van der Waals surface area contributed by atoms with Gasteiger partial charge in [-0.15, -0.1) is 11.3 Å². The number of nitrogens with one attached hydrogen (secondary N) is 1. The van der Waals surface area contributed by atoms with E-state index in [0.717, 1.165) is 6.54 Å². The van der Waals surface area contributed by atoms with Crippen LogP contribution < -0.4 is 5.32 Å². The molecule has 0 radical (unpaired) electrons. The topological polar surface area (TPSA) is 24.9 Å². The van der Waals surface area contributed by atoms with Gasteiger partial charge < -0.3 is 5.32 Å². The van der Waals surface area contributed by atoms with E-state index in [1.54, 1.807) is 4.88 Å². The van der Waals surface area contributed by atoms with Crippen LogP contribution in [-0.2, 0) is 12.8 Å². The fraction of sp³-hybridized carbons (Fsp3) is 0.786. The van der Waals surface area contributed by atoms with Crippen molar-refractivity contribution in [3.05, 3.63) is 15.6 Å². The molecule has 17 heavy (non-hydrogen) atoms. The van der Waals surface area contributed by atoms with Crippen LogP contribution in [0.1, 0.15) is 61.7 Å². The quantitative estimate of drug-likeness (QED) is 0.864. The predicted octanol–water partition coefficient (Wildman–Crippen LogP) is 3.72. The highest BCUT2D eigenvalue weighted by molar-refractivity contribution is 7.11. The number of thiazole rings is 1.